The zero-order valence-electron chi connectivity index (χ0n) is 13.0. The fourth-order valence-corrected chi connectivity index (χ4v) is 2.52. The number of hydrogen-bond donors (Lipinski definition) is 3. The maximum atomic E-state index is 5.94. The van der Waals surface area contributed by atoms with E-state index >= 15 is 0 Å². The van der Waals surface area contributed by atoms with Crippen molar-refractivity contribution in [1.82, 2.24) is 4.98 Å². The van der Waals surface area contributed by atoms with Gasteiger partial charge in [-0.1, -0.05) is 24.3 Å². The zero-order chi connectivity index (χ0) is 16.1. The van der Waals surface area contributed by atoms with E-state index in [2.05, 4.69) is 27.4 Å². The van der Waals surface area contributed by atoms with E-state index in [1.54, 1.807) is 7.11 Å². The van der Waals surface area contributed by atoms with Crippen LogP contribution in [0.3, 0.4) is 0 Å². The average molecular weight is 308 g/mol. The van der Waals surface area contributed by atoms with Crippen molar-refractivity contribution in [3.63, 3.8) is 0 Å². The molecule has 118 valence electrons. The van der Waals surface area contributed by atoms with E-state index in [-0.39, 0.29) is 0 Å². The number of ether oxygens (including phenoxy) is 1. The molecule has 0 aliphatic carbocycles. The predicted molar refractivity (Wildman–Crippen MR) is 95.1 cm³/mol. The quantitative estimate of drug-likeness (QED) is 0.500. The van der Waals surface area contributed by atoms with E-state index in [0.717, 1.165) is 23.4 Å². The molecule has 4 N–H and O–H groups in total. The van der Waals surface area contributed by atoms with Crippen molar-refractivity contribution >= 4 is 22.5 Å². The lowest BCUT2D eigenvalue weighted by molar-refractivity contribution is 0.415. The van der Waals surface area contributed by atoms with Crippen molar-refractivity contribution in [2.75, 3.05) is 19.0 Å². The van der Waals surface area contributed by atoms with Gasteiger partial charge in [0, 0.05) is 35.4 Å². The number of fused-ring (bicyclic) bond motifs is 1. The highest BCUT2D eigenvalue weighted by Crippen LogP contribution is 2.18. The molecule has 0 amide bonds. The van der Waals surface area contributed by atoms with E-state index in [0.29, 0.717) is 12.5 Å². The first-order valence-electron chi connectivity index (χ1n) is 7.52. The topological polar surface area (TPSA) is 75.4 Å². The molecule has 0 atom stereocenters. The minimum absolute atomic E-state index is 0.401. The number of nitrogens with one attached hydrogen (secondary N) is 2. The molecule has 0 aliphatic rings. The molecule has 5 nitrogen and oxygen atoms in total. The summed E-state index contributed by atoms with van der Waals surface area (Å²) in [4.78, 5) is 7.65. The molecule has 2 aromatic carbocycles. The summed E-state index contributed by atoms with van der Waals surface area (Å²) < 4.78 is 5.18. The van der Waals surface area contributed by atoms with Crippen LogP contribution in [0.5, 0.6) is 5.75 Å². The Kier molecular flexibility index (Phi) is 4.47. The van der Waals surface area contributed by atoms with Crippen LogP contribution in [-0.4, -0.2) is 24.6 Å². The summed E-state index contributed by atoms with van der Waals surface area (Å²) in [5.41, 5.74) is 9.19. The molecule has 0 fully saturated rings. The first kappa shape index (κ1) is 15.0. The van der Waals surface area contributed by atoms with Crippen LogP contribution in [0, 0.1) is 0 Å². The fourth-order valence-electron chi connectivity index (χ4n) is 2.52. The third-order valence-electron chi connectivity index (χ3n) is 3.68. The molecule has 1 aromatic heterocycles. The molecule has 0 bridgehead atoms. The lowest BCUT2D eigenvalue weighted by Gasteiger charge is -2.07. The molecule has 0 saturated heterocycles. The molecule has 0 aliphatic heterocycles. The van der Waals surface area contributed by atoms with Crippen molar-refractivity contribution < 1.29 is 4.74 Å². The molecule has 5 heteroatoms. The van der Waals surface area contributed by atoms with Gasteiger partial charge in [-0.25, -0.2) is 0 Å². The number of benzene rings is 2. The lowest BCUT2D eigenvalue weighted by atomic mass is 10.1. The number of anilines is 1. The predicted octanol–water partition coefficient (Wildman–Crippen LogP) is 3.15. The second-order valence-corrected chi connectivity index (χ2v) is 5.23. The molecule has 0 saturated carbocycles. The van der Waals surface area contributed by atoms with Gasteiger partial charge in [-0.15, -0.1) is 0 Å². The van der Waals surface area contributed by atoms with Gasteiger partial charge in [-0.05, 0) is 30.2 Å². The van der Waals surface area contributed by atoms with Crippen LogP contribution in [0.25, 0.3) is 10.9 Å². The molecular weight excluding hydrogens is 288 g/mol. The molecule has 0 unspecified atom stereocenters. The van der Waals surface area contributed by atoms with Crippen LogP contribution in [0.4, 0.5) is 5.69 Å². The third kappa shape index (κ3) is 3.63. The molecular formula is C18H20N4O. The summed E-state index contributed by atoms with van der Waals surface area (Å²) in [7, 11) is 1.64. The monoisotopic (exact) mass is 308 g/mol. The maximum Gasteiger partial charge on any atom is 0.193 e. The largest absolute Gasteiger partial charge is 0.497 e. The Balaban J connectivity index is 1.61. The summed E-state index contributed by atoms with van der Waals surface area (Å²) in [6.07, 6.45) is 2.87. The van der Waals surface area contributed by atoms with Gasteiger partial charge in [0.05, 0.1) is 7.11 Å². The summed E-state index contributed by atoms with van der Waals surface area (Å²) in [6, 6.07) is 15.8. The van der Waals surface area contributed by atoms with Gasteiger partial charge in [0.2, 0.25) is 0 Å². The number of para-hydroxylation sites is 1. The van der Waals surface area contributed by atoms with Crippen molar-refractivity contribution in [2.45, 2.75) is 6.42 Å². The minimum atomic E-state index is 0.401. The van der Waals surface area contributed by atoms with Crippen LogP contribution >= 0.6 is 0 Å². The van der Waals surface area contributed by atoms with Crippen LogP contribution in [0.2, 0.25) is 0 Å². The second-order valence-electron chi connectivity index (χ2n) is 5.23. The van der Waals surface area contributed by atoms with Gasteiger partial charge in [0.25, 0.3) is 0 Å². The molecule has 23 heavy (non-hydrogen) atoms. The maximum absolute atomic E-state index is 5.94. The highest BCUT2D eigenvalue weighted by Gasteiger charge is 2.02. The standard InChI is InChI=1S/C18H20N4O/c1-23-15-6-4-5-14(11-15)22-18(19)20-10-9-13-12-21-17-8-3-2-7-16(13)17/h2-8,11-12,21H,9-10H2,1H3,(H3,19,20,22). The first-order valence-corrected chi connectivity index (χ1v) is 7.52. The van der Waals surface area contributed by atoms with E-state index in [1.807, 2.05) is 42.6 Å². The normalized spacial score (nSPS) is 11.6. The number of H-pyrrole nitrogens is 1. The van der Waals surface area contributed by atoms with Gasteiger partial charge >= 0.3 is 0 Å². The Hall–Kier alpha value is -2.95. The van der Waals surface area contributed by atoms with E-state index < -0.39 is 0 Å². The van der Waals surface area contributed by atoms with Gasteiger partial charge < -0.3 is 20.8 Å². The summed E-state index contributed by atoms with van der Waals surface area (Å²) in [6.45, 7) is 0.630. The van der Waals surface area contributed by atoms with Crippen molar-refractivity contribution in [3.05, 3.63) is 60.3 Å². The van der Waals surface area contributed by atoms with Gasteiger partial charge in [0.15, 0.2) is 5.96 Å². The number of hydrogen-bond acceptors (Lipinski definition) is 2. The smallest absolute Gasteiger partial charge is 0.193 e. The number of rotatable bonds is 5. The molecule has 0 spiro atoms. The zero-order valence-corrected chi connectivity index (χ0v) is 13.0. The molecule has 3 aromatic rings. The first-order chi connectivity index (χ1) is 11.3. The highest BCUT2D eigenvalue weighted by atomic mass is 16.5. The number of nitrogens with zero attached hydrogens (tertiary/aromatic N) is 1. The van der Waals surface area contributed by atoms with Crippen molar-refractivity contribution in [1.29, 1.82) is 0 Å². The summed E-state index contributed by atoms with van der Waals surface area (Å²) >= 11 is 0. The van der Waals surface area contributed by atoms with Gasteiger partial charge in [-0.3, -0.25) is 4.99 Å². The molecule has 0 radical (unpaired) electrons. The average Bonchev–Trinajstić information content (AvgIpc) is 2.98. The Morgan fingerprint density at radius 2 is 2.09 bits per heavy atom. The van der Waals surface area contributed by atoms with E-state index in [9.17, 15) is 0 Å². The lowest BCUT2D eigenvalue weighted by Crippen LogP contribution is -2.23. The number of aromatic nitrogens is 1. The van der Waals surface area contributed by atoms with Crippen LogP contribution in [-0.2, 0) is 6.42 Å². The summed E-state index contributed by atoms with van der Waals surface area (Å²) in [5, 5.41) is 4.31. The Bertz CT molecular complexity index is 823. The second kappa shape index (κ2) is 6.87. The molecule has 3 rings (SSSR count). The highest BCUT2D eigenvalue weighted by molar-refractivity contribution is 5.92. The molecule has 1 heterocycles. The Morgan fingerprint density at radius 1 is 1.22 bits per heavy atom. The van der Waals surface area contributed by atoms with Crippen molar-refractivity contribution in [3.8, 4) is 5.75 Å². The minimum Gasteiger partial charge on any atom is -0.497 e. The number of nitrogens with two attached hydrogens (primary N) is 1. The van der Waals surface area contributed by atoms with Crippen LogP contribution < -0.4 is 15.8 Å². The van der Waals surface area contributed by atoms with Crippen molar-refractivity contribution in [2.24, 2.45) is 10.7 Å². The van der Waals surface area contributed by atoms with Crippen LogP contribution in [0.1, 0.15) is 5.56 Å². The Morgan fingerprint density at radius 3 is 2.96 bits per heavy atom. The van der Waals surface area contributed by atoms with Crippen LogP contribution in [0.15, 0.2) is 59.7 Å². The number of aromatic amines is 1. The third-order valence-corrected chi connectivity index (χ3v) is 3.68. The van der Waals surface area contributed by atoms with Gasteiger partial charge in [-0.2, -0.15) is 0 Å². The number of guanidine groups is 1. The SMILES string of the molecule is COc1cccc(NC(N)=NCCc2c[nH]c3ccccc23)c1. The number of aliphatic imine (C=N–C) groups is 1. The van der Waals surface area contributed by atoms with Gasteiger partial charge in [0.1, 0.15) is 5.75 Å². The Labute approximate surface area is 135 Å². The van der Waals surface area contributed by atoms with E-state index in [4.69, 9.17) is 10.5 Å². The van der Waals surface area contributed by atoms with E-state index in [1.165, 1.54) is 10.9 Å². The summed E-state index contributed by atoms with van der Waals surface area (Å²) in [5.74, 6) is 1.18. The number of methoxy groups -OCH3 is 1. The fraction of sp³-hybridized carbons (Fsp3) is 0.167.